The van der Waals surface area contributed by atoms with Crippen LogP contribution in [-0.4, -0.2) is 11.2 Å². The highest BCUT2D eigenvalue weighted by molar-refractivity contribution is 9.10. The molecule has 3 heteroatoms. The molecule has 1 nitrogen and oxygen atoms in total. The second kappa shape index (κ2) is 4.01. The van der Waals surface area contributed by atoms with E-state index in [2.05, 4.69) is 15.9 Å². The number of benzene rings is 1. The Hall–Kier alpha value is -0.410. The van der Waals surface area contributed by atoms with Gasteiger partial charge in [0.2, 0.25) is 0 Å². The van der Waals surface area contributed by atoms with Gasteiger partial charge >= 0.3 is 0 Å². The van der Waals surface area contributed by atoms with Crippen molar-refractivity contribution in [2.75, 3.05) is 0 Å². The Kier molecular flexibility index (Phi) is 3.23. The molecule has 0 spiro atoms. The first-order valence-electron chi connectivity index (χ1n) is 3.72. The van der Waals surface area contributed by atoms with Gasteiger partial charge in [0.25, 0.3) is 0 Å². The summed E-state index contributed by atoms with van der Waals surface area (Å²) in [7, 11) is 0. The van der Waals surface area contributed by atoms with Crippen LogP contribution in [0.25, 0.3) is 0 Å². The van der Waals surface area contributed by atoms with Gasteiger partial charge in [-0.3, -0.25) is 0 Å². The van der Waals surface area contributed by atoms with Crippen molar-refractivity contribution in [3.63, 3.8) is 0 Å². The monoisotopic (exact) mass is 232 g/mol. The van der Waals surface area contributed by atoms with Gasteiger partial charge in [0.1, 0.15) is 5.82 Å². The van der Waals surface area contributed by atoms with Crippen LogP contribution in [0.3, 0.4) is 0 Å². The van der Waals surface area contributed by atoms with Crippen molar-refractivity contribution in [2.45, 2.75) is 19.4 Å². The Morgan fingerprint density at radius 2 is 2.25 bits per heavy atom. The second-order valence-corrected chi connectivity index (χ2v) is 3.61. The predicted molar refractivity (Wildman–Crippen MR) is 49.5 cm³/mol. The molecule has 0 saturated heterocycles. The molecule has 0 unspecified atom stereocenters. The van der Waals surface area contributed by atoms with Gasteiger partial charge in [0.15, 0.2) is 0 Å². The summed E-state index contributed by atoms with van der Waals surface area (Å²) in [5.74, 6) is -0.273. The number of aliphatic hydroxyl groups excluding tert-OH is 1. The lowest BCUT2D eigenvalue weighted by Gasteiger charge is -2.07. The van der Waals surface area contributed by atoms with E-state index in [-0.39, 0.29) is 5.82 Å². The first-order valence-corrected chi connectivity index (χ1v) is 4.51. The fourth-order valence-electron chi connectivity index (χ4n) is 1.02. The van der Waals surface area contributed by atoms with Crippen molar-refractivity contribution in [2.24, 2.45) is 0 Å². The number of hydrogen-bond donors (Lipinski definition) is 1. The van der Waals surface area contributed by atoms with E-state index >= 15 is 0 Å². The average Bonchev–Trinajstić information content (AvgIpc) is 1.97. The molecule has 0 aromatic heterocycles. The smallest absolute Gasteiger partial charge is 0.127 e. The standard InChI is InChI=1S/C9H10BrFO/c1-6(12)5-7-8(10)3-2-4-9(7)11/h2-4,6,12H,5H2,1H3/t6-/m0/s1. The van der Waals surface area contributed by atoms with Crippen molar-refractivity contribution >= 4 is 15.9 Å². The van der Waals surface area contributed by atoms with Crippen molar-refractivity contribution in [3.05, 3.63) is 34.1 Å². The van der Waals surface area contributed by atoms with Crippen molar-refractivity contribution < 1.29 is 9.50 Å². The number of aliphatic hydroxyl groups is 1. The lowest BCUT2D eigenvalue weighted by Crippen LogP contribution is -2.06. The van der Waals surface area contributed by atoms with Crippen molar-refractivity contribution in [3.8, 4) is 0 Å². The van der Waals surface area contributed by atoms with Gasteiger partial charge in [-0.15, -0.1) is 0 Å². The van der Waals surface area contributed by atoms with Crippen LogP contribution in [0.4, 0.5) is 4.39 Å². The van der Waals surface area contributed by atoms with Gasteiger partial charge in [-0.05, 0) is 19.1 Å². The average molecular weight is 233 g/mol. The van der Waals surface area contributed by atoms with Crippen LogP contribution in [0.1, 0.15) is 12.5 Å². The zero-order valence-corrected chi connectivity index (χ0v) is 8.31. The summed E-state index contributed by atoms with van der Waals surface area (Å²) in [5, 5.41) is 9.07. The quantitative estimate of drug-likeness (QED) is 0.832. The molecule has 1 aromatic rings. The van der Waals surface area contributed by atoms with E-state index in [0.29, 0.717) is 16.5 Å². The van der Waals surface area contributed by atoms with Gasteiger partial charge < -0.3 is 5.11 Å². The molecule has 1 rings (SSSR count). The van der Waals surface area contributed by atoms with Crippen LogP contribution in [0.2, 0.25) is 0 Å². The Morgan fingerprint density at radius 3 is 2.75 bits per heavy atom. The van der Waals surface area contributed by atoms with Crippen LogP contribution in [0.5, 0.6) is 0 Å². The highest BCUT2D eigenvalue weighted by Gasteiger charge is 2.08. The van der Waals surface area contributed by atoms with E-state index in [1.54, 1.807) is 19.1 Å². The Balaban J connectivity index is 2.96. The van der Waals surface area contributed by atoms with Gasteiger partial charge in [-0.25, -0.2) is 4.39 Å². The molecule has 0 bridgehead atoms. The zero-order chi connectivity index (χ0) is 9.14. The van der Waals surface area contributed by atoms with Crippen LogP contribution < -0.4 is 0 Å². The molecule has 1 atom stereocenters. The van der Waals surface area contributed by atoms with Gasteiger partial charge in [-0.1, -0.05) is 22.0 Å². The largest absolute Gasteiger partial charge is 0.393 e. The van der Waals surface area contributed by atoms with E-state index in [4.69, 9.17) is 5.11 Å². The minimum Gasteiger partial charge on any atom is -0.393 e. The highest BCUT2D eigenvalue weighted by atomic mass is 79.9. The fourth-order valence-corrected chi connectivity index (χ4v) is 1.53. The maximum atomic E-state index is 13.1. The third-order valence-corrected chi connectivity index (χ3v) is 2.30. The summed E-state index contributed by atoms with van der Waals surface area (Å²) < 4.78 is 13.8. The summed E-state index contributed by atoms with van der Waals surface area (Å²) in [4.78, 5) is 0. The number of rotatable bonds is 2. The fraction of sp³-hybridized carbons (Fsp3) is 0.333. The minimum atomic E-state index is -0.516. The van der Waals surface area contributed by atoms with Gasteiger partial charge in [0.05, 0.1) is 6.10 Å². The lowest BCUT2D eigenvalue weighted by molar-refractivity contribution is 0.194. The van der Waals surface area contributed by atoms with E-state index in [1.165, 1.54) is 6.07 Å². The summed E-state index contributed by atoms with van der Waals surface area (Å²) in [6.45, 7) is 1.64. The SMILES string of the molecule is C[C@H](O)Cc1c(F)cccc1Br. The molecule has 1 N–H and O–H groups in total. The lowest BCUT2D eigenvalue weighted by atomic mass is 10.1. The molecule has 0 aliphatic heterocycles. The molecule has 0 heterocycles. The van der Waals surface area contributed by atoms with Crippen LogP contribution in [-0.2, 0) is 6.42 Å². The molecule has 12 heavy (non-hydrogen) atoms. The normalized spacial score (nSPS) is 13.0. The van der Waals surface area contributed by atoms with E-state index in [0.717, 1.165) is 0 Å². The number of hydrogen-bond acceptors (Lipinski definition) is 1. The Morgan fingerprint density at radius 1 is 1.58 bits per heavy atom. The highest BCUT2D eigenvalue weighted by Crippen LogP contribution is 2.20. The Labute approximate surface area is 79.4 Å². The topological polar surface area (TPSA) is 20.2 Å². The molecule has 0 saturated carbocycles. The zero-order valence-electron chi connectivity index (χ0n) is 6.72. The molecule has 66 valence electrons. The van der Waals surface area contributed by atoms with E-state index < -0.39 is 6.10 Å². The molecule has 0 amide bonds. The molecule has 0 aliphatic rings. The Bertz CT molecular complexity index is 253. The van der Waals surface area contributed by atoms with Crippen molar-refractivity contribution in [1.29, 1.82) is 0 Å². The predicted octanol–water partition coefficient (Wildman–Crippen LogP) is 2.51. The van der Waals surface area contributed by atoms with E-state index in [1.807, 2.05) is 0 Å². The van der Waals surface area contributed by atoms with Crippen molar-refractivity contribution in [1.82, 2.24) is 0 Å². The minimum absolute atomic E-state index is 0.273. The molecule has 1 aromatic carbocycles. The first kappa shape index (κ1) is 9.68. The van der Waals surface area contributed by atoms with Crippen LogP contribution in [0, 0.1) is 5.82 Å². The molecule has 0 fully saturated rings. The molecular formula is C9H10BrFO. The third kappa shape index (κ3) is 2.29. The molecule has 0 radical (unpaired) electrons. The van der Waals surface area contributed by atoms with Crippen LogP contribution in [0.15, 0.2) is 22.7 Å². The second-order valence-electron chi connectivity index (χ2n) is 2.75. The maximum Gasteiger partial charge on any atom is 0.127 e. The summed E-state index contributed by atoms with van der Waals surface area (Å²) in [5.41, 5.74) is 0.535. The summed E-state index contributed by atoms with van der Waals surface area (Å²) in [6, 6.07) is 4.79. The summed E-state index contributed by atoms with van der Waals surface area (Å²) >= 11 is 3.22. The summed E-state index contributed by atoms with van der Waals surface area (Å²) in [6.07, 6.45) is -0.175. The first-order chi connectivity index (χ1) is 5.61. The number of halogens is 2. The van der Waals surface area contributed by atoms with E-state index in [9.17, 15) is 4.39 Å². The van der Waals surface area contributed by atoms with Gasteiger partial charge in [-0.2, -0.15) is 0 Å². The molecule has 0 aliphatic carbocycles. The third-order valence-electron chi connectivity index (χ3n) is 1.56. The van der Waals surface area contributed by atoms with Gasteiger partial charge in [0, 0.05) is 16.5 Å². The molecular weight excluding hydrogens is 223 g/mol. The van der Waals surface area contributed by atoms with Crippen LogP contribution >= 0.6 is 15.9 Å². The maximum absolute atomic E-state index is 13.1.